The van der Waals surface area contributed by atoms with Crippen molar-refractivity contribution in [1.29, 1.82) is 0 Å². The first kappa shape index (κ1) is 12.8. The summed E-state index contributed by atoms with van der Waals surface area (Å²) in [7, 11) is 0. The van der Waals surface area contributed by atoms with Crippen molar-refractivity contribution >= 4 is 16.6 Å². The third-order valence-corrected chi connectivity index (χ3v) is 3.30. The van der Waals surface area contributed by atoms with Crippen LogP contribution in [-0.4, -0.2) is 11.5 Å². The third-order valence-electron chi connectivity index (χ3n) is 3.30. The maximum Gasteiger partial charge on any atom is 0.134 e. The lowest BCUT2D eigenvalue weighted by Gasteiger charge is -2.16. The second-order valence-corrected chi connectivity index (χ2v) is 4.52. The van der Waals surface area contributed by atoms with E-state index in [1.165, 1.54) is 6.07 Å². The highest BCUT2D eigenvalue weighted by Crippen LogP contribution is 2.32. The highest BCUT2D eigenvalue weighted by molar-refractivity contribution is 5.95. The van der Waals surface area contributed by atoms with Gasteiger partial charge in [-0.15, -0.1) is 0 Å². The van der Waals surface area contributed by atoms with Crippen molar-refractivity contribution in [3.63, 3.8) is 0 Å². The van der Waals surface area contributed by atoms with E-state index in [4.69, 9.17) is 0 Å². The zero-order chi connectivity index (χ0) is 13.3. The Morgan fingerprint density at radius 1 is 1.22 bits per heavy atom. The highest BCUT2D eigenvalue weighted by Gasteiger charge is 2.15. The quantitative estimate of drug-likeness (QED) is 0.886. The first-order valence-corrected chi connectivity index (χ1v) is 6.42. The summed E-state index contributed by atoms with van der Waals surface area (Å²) in [6.45, 7) is 8.83. The van der Waals surface area contributed by atoms with Crippen molar-refractivity contribution < 1.29 is 4.39 Å². The van der Waals surface area contributed by atoms with Gasteiger partial charge in [0.1, 0.15) is 5.82 Å². The van der Waals surface area contributed by atoms with Crippen LogP contribution in [0.1, 0.15) is 30.7 Å². The summed E-state index contributed by atoms with van der Waals surface area (Å²) < 4.78 is 14.1. The number of nitrogens with zero attached hydrogens (tertiary/aromatic N) is 1. The van der Waals surface area contributed by atoms with Crippen LogP contribution in [0, 0.1) is 19.7 Å². The molecule has 0 fully saturated rings. The lowest BCUT2D eigenvalue weighted by atomic mass is 10.0. The molecule has 1 N–H and O–H groups in total. The van der Waals surface area contributed by atoms with E-state index in [9.17, 15) is 4.39 Å². The largest absolute Gasteiger partial charge is 0.384 e. The maximum absolute atomic E-state index is 14.1. The van der Waals surface area contributed by atoms with E-state index in [0.29, 0.717) is 5.39 Å². The van der Waals surface area contributed by atoms with E-state index < -0.39 is 0 Å². The molecule has 18 heavy (non-hydrogen) atoms. The molecule has 96 valence electrons. The molecule has 2 nitrogen and oxygen atoms in total. The third kappa shape index (κ3) is 1.94. The molecule has 2 aromatic rings. The van der Waals surface area contributed by atoms with Gasteiger partial charge < -0.3 is 5.32 Å². The van der Waals surface area contributed by atoms with Gasteiger partial charge >= 0.3 is 0 Å². The number of hydrogen-bond acceptors (Lipinski definition) is 2. The number of hydrogen-bond donors (Lipinski definition) is 1. The number of anilines is 1. The zero-order valence-electron chi connectivity index (χ0n) is 11.4. The van der Waals surface area contributed by atoms with Crippen LogP contribution in [0.25, 0.3) is 10.9 Å². The van der Waals surface area contributed by atoms with Gasteiger partial charge in [-0.25, -0.2) is 4.39 Å². The molecule has 0 saturated heterocycles. The summed E-state index contributed by atoms with van der Waals surface area (Å²) in [4.78, 5) is 4.57. The van der Waals surface area contributed by atoms with Crippen molar-refractivity contribution in [2.45, 2.75) is 34.1 Å². The topological polar surface area (TPSA) is 24.9 Å². The first-order chi connectivity index (χ1) is 8.60. The van der Waals surface area contributed by atoms with Crippen LogP contribution in [0.4, 0.5) is 10.1 Å². The molecule has 0 atom stereocenters. The lowest BCUT2D eigenvalue weighted by Crippen LogP contribution is -2.06. The average molecular weight is 246 g/mol. The van der Waals surface area contributed by atoms with Crippen molar-refractivity contribution in [3.8, 4) is 0 Å². The fourth-order valence-corrected chi connectivity index (χ4v) is 2.42. The van der Waals surface area contributed by atoms with Crippen molar-refractivity contribution in [3.05, 3.63) is 34.8 Å². The molecule has 0 saturated carbocycles. The van der Waals surface area contributed by atoms with Crippen LogP contribution >= 0.6 is 0 Å². The molecule has 1 heterocycles. The predicted molar refractivity (Wildman–Crippen MR) is 74.7 cm³/mol. The number of nitrogens with one attached hydrogen (secondary N) is 1. The van der Waals surface area contributed by atoms with Crippen LogP contribution in [0.5, 0.6) is 0 Å². The van der Waals surface area contributed by atoms with E-state index >= 15 is 0 Å². The number of halogens is 1. The van der Waals surface area contributed by atoms with Crippen LogP contribution in [0.3, 0.4) is 0 Å². The SMILES string of the molecule is CCNc1c(CC)c(C)nc2c(C)ccc(F)c12. The molecule has 0 bridgehead atoms. The van der Waals surface area contributed by atoms with Gasteiger partial charge in [-0.05, 0) is 44.4 Å². The number of rotatable bonds is 3. The summed E-state index contributed by atoms with van der Waals surface area (Å²) in [5, 5.41) is 3.92. The summed E-state index contributed by atoms with van der Waals surface area (Å²) in [5.41, 5.74) is 4.77. The number of fused-ring (bicyclic) bond motifs is 1. The van der Waals surface area contributed by atoms with Gasteiger partial charge in [0.15, 0.2) is 0 Å². The van der Waals surface area contributed by atoms with Crippen molar-refractivity contribution in [1.82, 2.24) is 4.98 Å². The average Bonchev–Trinajstić information content (AvgIpc) is 2.34. The van der Waals surface area contributed by atoms with Crippen LogP contribution in [0.2, 0.25) is 0 Å². The highest BCUT2D eigenvalue weighted by atomic mass is 19.1. The molecule has 0 aliphatic carbocycles. The Morgan fingerprint density at radius 3 is 2.56 bits per heavy atom. The zero-order valence-corrected chi connectivity index (χ0v) is 11.4. The number of aromatic nitrogens is 1. The Bertz CT molecular complexity index is 591. The smallest absolute Gasteiger partial charge is 0.134 e. The Hall–Kier alpha value is -1.64. The number of pyridine rings is 1. The maximum atomic E-state index is 14.1. The summed E-state index contributed by atoms with van der Waals surface area (Å²) in [5.74, 6) is -0.200. The Morgan fingerprint density at radius 2 is 1.94 bits per heavy atom. The molecule has 0 amide bonds. The van der Waals surface area contributed by atoms with Gasteiger partial charge in [0.2, 0.25) is 0 Å². The Balaban J connectivity index is 2.91. The molecule has 1 aromatic carbocycles. The van der Waals surface area contributed by atoms with Gasteiger partial charge in [-0.2, -0.15) is 0 Å². The molecular formula is C15H19FN2. The van der Waals surface area contributed by atoms with E-state index in [0.717, 1.165) is 41.0 Å². The molecule has 0 radical (unpaired) electrons. The summed E-state index contributed by atoms with van der Waals surface area (Å²) in [6.07, 6.45) is 0.852. The van der Waals surface area contributed by atoms with E-state index in [1.807, 2.05) is 20.8 Å². The summed E-state index contributed by atoms with van der Waals surface area (Å²) in [6, 6.07) is 3.31. The fourth-order valence-electron chi connectivity index (χ4n) is 2.42. The van der Waals surface area contributed by atoms with Crippen molar-refractivity contribution in [2.75, 3.05) is 11.9 Å². The van der Waals surface area contributed by atoms with Gasteiger partial charge in [0.25, 0.3) is 0 Å². The molecule has 0 unspecified atom stereocenters. The molecule has 0 aliphatic heterocycles. The van der Waals surface area contributed by atoms with Gasteiger partial charge in [0, 0.05) is 12.2 Å². The minimum absolute atomic E-state index is 0.200. The lowest BCUT2D eigenvalue weighted by molar-refractivity contribution is 0.639. The van der Waals surface area contributed by atoms with Crippen LogP contribution in [0.15, 0.2) is 12.1 Å². The predicted octanol–water partition coefficient (Wildman–Crippen LogP) is 3.98. The standard InChI is InChI=1S/C15H19FN2/c1-5-11-10(4)18-14-9(3)7-8-12(16)13(14)15(11)17-6-2/h7-8H,5-6H2,1-4H3,(H,17,18). The monoisotopic (exact) mass is 246 g/mol. The minimum Gasteiger partial charge on any atom is -0.384 e. The second kappa shape index (κ2) is 4.92. The molecule has 0 spiro atoms. The fraction of sp³-hybridized carbons (Fsp3) is 0.400. The van der Waals surface area contributed by atoms with E-state index in [-0.39, 0.29) is 5.82 Å². The number of benzene rings is 1. The van der Waals surface area contributed by atoms with Crippen LogP contribution < -0.4 is 5.32 Å². The molecule has 2 rings (SSSR count). The Labute approximate surface area is 107 Å². The van der Waals surface area contributed by atoms with Gasteiger partial charge in [0.05, 0.1) is 16.6 Å². The van der Waals surface area contributed by atoms with E-state index in [1.54, 1.807) is 6.07 Å². The van der Waals surface area contributed by atoms with Gasteiger partial charge in [-0.3, -0.25) is 4.98 Å². The normalized spacial score (nSPS) is 10.9. The Kier molecular flexibility index (Phi) is 3.50. The second-order valence-electron chi connectivity index (χ2n) is 4.52. The first-order valence-electron chi connectivity index (χ1n) is 6.42. The molecule has 3 heteroatoms. The van der Waals surface area contributed by atoms with Crippen molar-refractivity contribution in [2.24, 2.45) is 0 Å². The van der Waals surface area contributed by atoms with Gasteiger partial charge in [-0.1, -0.05) is 13.0 Å². The molecule has 0 aliphatic rings. The minimum atomic E-state index is -0.200. The molecule has 1 aromatic heterocycles. The van der Waals surface area contributed by atoms with Crippen LogP contribution in [-0.2, 0) is 6.42 Å². The molecular weight excluding hydrogens is 227 g/mol. The van der Waals surface area contributed by atoms with E-state index in [2.05, 4.69) is 17.2 Å². The summed E-state index contributed by atoms with van der Waals surface area (Å²) >= 11 is 0. The number of aryl methyl sites for hydroxylation is 2.